The highest BCUT2D eigenvalue weighted by Crippen LogP contribution is 2.32. The van der Waals surface area contributed by atoms with Gasteiger partial charge in [0.2, 0.25) is 5.88 Å². The molecule has 7 heteroatoms. The van der Waals surface area contributed by atoms with Crippen LogP contribution in [-0.2, 0) is 11.3 Å². The normalized spacial score (nSPS) is 12.2. The Hall–Kier alpha value is -2.82. The molecule has 0 aliphatic heterocycles. The number of hydrogen-bond acceptors (Lipinski definition) is 5. The Morgan fingerprint density at radius 2 is 1.91 bits per heavy atom. The number of aromatic nitrogens is 2. The van der Waals surface area contributed by atoms with Gasteiger partial charge in [-0.3, -0.25) is 4.90 Å². The zero-order valence-corrected chi connectivity index (χ0v) is 20.7. The maximum Gasteiger partial charge on any atom is 0.227 e. The number of aryl methyl sites for hydroxylation is 1. The highest BCUT2D eigenvalue weighted by Gasteiger charge is 2.23. The van der Waals surface area contributed by atoms with Crippen LogP contribution in [0.15, 0.2) is 54.6 Å². The fourth-order valence-electron chi connectivity index (χ4n) is 3.76. The van der Waals surface area contributed by atoms with E-state index in [9.17, 15) is 5.11 Å². The molecule has 0 spiro atoms. The van der Waals surface area contributed by atoms with Crippen LogP contribution in [0.3, 0.4) is 0 Å². The molecule has 0 bridgehead atoms. The second-order valence-electron chi connectivity index (χ2n) is 8.64. The molecule has 1 heterocycles. The molecule has 6 nitrogen and oxygen atoms in total. The van der Waals surface area contributed by atoms with Crippen molar-refractivity contribution in [3.05, 3.63) is 70.9 Å². The Morgan fingerprint density at radius 3 is 2.59 bits per heavy atom. The Morgan fingerprint density at radius 1 is 1.15 bits per heavy atom. The van der Waals surface area contributed by atoms with E-state index < -0.39 is 6.10 Å². The predicted octanol–water partition coefficient (Wildman–Crippen LogP) is 5.10. The molecule has 1 aromatic heterocycles. The van der Waals surface area contributed by atoms with E-state index in [1.54, 1.807) is 4.68 Å². The zero-order valence-electron chi connectivity index (χ0n) is 19.9. The van der Waals surface area contributed by atoms with Gasteiger partial charge in [0.15, 0.2) is 0 Å². The Kier molecular flexibility index (Phi) is 9.55. The third-order valence-corrected chi connectivity index (χ3v) is 5.35. The monoisotopic (exact) mass is 481 g/mol. The van der Waals surface area contributed by atoms with Crippen molar-refractivity contribution in [1.82, 2.24) is 14.7 Å². The molecule has 0 radical (unpaired) electrons. The third-order valence-electron chi connectivity index (χ3n) is 5.12. The van der Waals surface area contributed by atoms with E-state index in [2.05, 4.69) is 24.7 Å². The third kappa shape index (κ3) is 7.34. The molecule has 3 aromatic rings. The molecule has 0 fully saturated rings. The molecule has 0 saturated heterocycles. The minimum atomic E-state index is -0.658. The van der Waals surface area contributed by atoms with Gasteiger partial charge in [0, 0.05) is 24.7 Å². The first-order valence-electron chi connectivity index (χ1n) is 11.4. The molecule has 1 atom stereocenters. The van der Waals surface area contributed by atoms with Gasteiger partial charge in [0.25, 0.3) is 0 Å². The van der Waals surface area contributed by atoms with Crippen molar-refractivity contribution in [2.75, 3.05) is 26.3 Å². The van der Waals surface area contributed by atoms with Gasteiger partial charge >= 0.3 is 0 Å². The molecule has 180 valence electrons. The molecule has 34 heavy (non-hydrogen) atoms. The average Bonchev–Trinajstić information content (AvgIpc) is 3.09. The topological polar surface area (TPSA) is 59.8 Å². The molecule has 3 rings (SSSR count). The SMILES string of the molecule is C#CCOC[C@@H](O)CN(Cc1c(C)nn(-c2cccc(Cl)c2)c1Oc1ccccc1)CC(C)C. The van der Waals surface area contributed by atoms with Crippen molar-refractivity contribution in [2.45, 2.75) is 33.4 Å². The molecule has 0 amide bonds. The molecule has 0 aliphatic carbocycles. The number of ether oxygens (including phenoxy) is 2. The summed E-state index contributed by atoms with van der Waals surface area (Å²) in [7, 11) is 0. The minimum absolute atomic E-state index is 0.182. The standard InChI is InChI=1S/C27H32ClN3O3/c1-5-14-33-19-24(32)17-30(16-20(2)3)18-26-21(4)29-31(23-11-9-10-22(28)15-23)27(26)34-25-12-7-6-8-13-25/h1,6-13,15,20,24,32H,14,16-19H2,2-4H3/t24-/m0/s1. The van der Waals surface area contributed by atoms with Gasteiger partial charge in [0.05, 0.1) is 29.7 Å². The van der Waals surface area contributed by atoms with Gasteiger partial charge in [-0.2, -0.15) is 5.10 Å². The molecule has 0 saturated carbocycles. The number of terminal acetylenes is 1. The molecule has 0 unspecified atom stereocenters. The number of benzene rings is 2. The van der Waals surface area contributed by atoms with E-state index >= 15 is 0 Å². The molecule has 0 aliphatic rings. The van der Waals surface area contributed by atoms with Crippen molar-refractivity contribution in [2.24, 2.45) is 5.92 Å². The fourth-order valence-corrected chi connectivity index (χ4v) is 3.94. The first-order valence-corrected chi connectivity index (χ1v) is 11.7. The number of halogens is 1. The average molecular weight is 482 g/mol. The molecular weight excluding hydrogens is 450 g/mol. The summed E-state index contributed by atoms with van der Waals surface area (Å²) < 4.78 is 13.5. The number of hydrogen-bond donors (Lipinski definition) is 1. The summed E-state index contributed by atoms with van der Waals surface area (Å²) in [5.41, 5.74) is 2.60. The van der Waals surface area contributed by atoms with Crippen molar-refractivity contribution in [3.63, 3.8) is 0 Å². The lowest BCUT2D eigenvalue weighted by molar-refractivity contribution is 0.0236. The Bertz CT molecular complexity index is 1090. The zero-order chi connectivity index (χ0) is 24.5. The van der Waals surface area contributed by atoms with Crippen LogP contribution in [0.5, 0.6) is 11.6 Å². The maximum absolute atomic E-state index is 10.5. The highest BCUT2D eigenvalue weighted by atomic mass is 35.5. The summed E-state index contributed by atoms with van der Waals surface area (Å²) in [5, 5.41) is 15.9. The molecule has 1 N–H and O–H groups in total. The second kappa shape index (κ2) is 12.6. The van der Waals surface area contributed by atoms with Gasteiger partial charge < -0.3 is 14.6 Å². The first kappa shape index (κ1) is 25.8. The van der Waals surface area contributed by atoms with Crippen molar-refractivity contribution < 1.29 is 14.6 Å². The summed E-state index contributed by atoms with van der Waals surface area (Å²) in [6, 6.07) is 17.1. The number of nitrogens with zero attached hydrogens (tertiary/aromatic N) is 3. The lowest BCUT2D eigenvalue weighted by Gasteiger charge is -2.27. The van der Waals surface area contributed by atoms with Crippen LogP contribution in [0, 0.1) is 25.2 Å². The summed E-state index contributed by atoms with van der Waals surface area (Å²) in [6.07, 6.45) is 4.58. The van der Waals surface area contributed by atoms with E-state index in [-0.39, 0.29) is 13.2 Å². The maximum atomic E-state index is 10.5. The van der Waals surface area contributed by atoms with Crippen molar-refractivity contribution in [1.29, 1.82) is 0 Å². The number of aliphatic hydroxyl groups excluding tert-OH is 1. The lowest BCUT2D eigenvalue weighted by atomic mass is 10.1. The quantitative estimate of drug-likeness (QED) is 0.288. The van der Waals surface area contributed by atoms with Gasteiger partial charge in [-0.15, -0.1) is 6.42 Å². The Balaban J connectivity index is 1.95. The largest absolute Gasteiger partial charge is 0.439 e. The number of rotatable bonds is 12. The van der Waals surface area contributed by atoms with Crippen LogP contribution < -0.4 is 4.74 Å². The summed E-state index contributed by atoms with van der Waals surface area (Å²) in [4.78, 5) is 2.19. The fraction of sp³-hybridized carbons (Fsp3) is 0.370. The van der Waals surface area contributed by atoms with E-state index in [1.165, 1.54) is 0 Å². The Labute approximate surface area is 207 Å². The number of aliphatic hydroxyl groups is 1. The smallest absolute Gasteiger partial charge is 0.227 e. The van der Waals surface area contributed by atoms with Crippen LogP contribution in [0.1, 0.15) is 25.1 Å². The van der Waals surface area contributed by atoms with Crippen LogP contribution in [0.25, 0.3) is 5.69 Å². The van der Waals surface area contributed by atoms with E-state index in [0.717, 1.165) is 23.5 Å². The van der Waals surface area contributed by atoms with Gasteiger partial charge in [-0.25, -0.2) is 4.68 Å². The summed E-state index contributed by atoms with van der Waals surface area (Å²) in [6.45, 7) is 8.42. The second-order valence-corrected chi connectivity index (χ2v) is 9.07. The van der Waals surface area contributed by atoms with E-state index in [4.69, 9.17) is 32.6 Å². The molecule has 2 aromatic carbocycles. The number of para-hydroxylation sites is 1. The van der Waals surface area contributed by atoms with Crippen LogP contribution in [-0.4, -0.2) is 52.2 Å². The minimum Gasteiger partial charge on any atom is -0.439 e. The predicted molar refractivity (Wildman–Crippen MR) is 136 cm³/mol. The van der Waals surface area contributed by atoms with Crippen LogP contribution in [0.2, 0.25) is 5.02 Å². The van der Waals surface area contributed by atoms with E-state index in [0.29, 0.717) is 35.7 Å². The van der Waals surface area contributed by atoms with Gasteiger partial charge in [-0.1, -0.05) is 55.6 Å². The summed E-state index contributed by atoms with van der Waals surface area (Å²) >= 11 is 6.26. The first-order chi connectivity index (χ1) is 16.4. The van der Waals surface area contributed by atoms with Crippen molar-refractivity contribution >= 4 is 11.6 Å². The molecular formula is C27H32ClN3O3. The highest BCUT2D eigenvalue weighted by molar-refractivity contribution is 6.30. The summed E-state index contributed by atoms with van der Waals surface area (Å²) in [5.74, 6) is 4.16. The van der Waals surface area contributed by atoms with Gasteiger partial charge in [0.1, 0.15) is 12.4 Å². The van der Waals surface area contributed by atoms with E-state index in [1.807, 2.05) is 61.5 Å². The van der Waals surface area contributed by atoms with Gasteiger partial charge in [-0.05, 0) is 43.2 Å². The lowest BCUT2D eigenvalue weighted by Crippen LogP contribution is -2.37. The van der Waals surface area contributed by atoms with Crippen molar-refractivity contribution in [3.8, 4) is 29.7 Å². The van der Waals surface area contributed by atoms with Crippen LogP contribution >= 0.6 is 11.6 Å². The van der Waals surface area contributed by atoms with Crippen LogP contribution in [0.4, 0.5) is 0 Å².